The Bertz CT molecular complexity index is 1230. The summed E-state index contributed by atoms with van der Waals surface area (Å²) in [6.45, 7) is 6.60. The van der Waals surface area contributed by atoms with Crippen molar-refractivity contribution in [3.8, 4) is 18.4 Å². The Morgan fingerprint density at radius 2 is 1.79 bits per heavy atom. The Labute approximate surface area is 229 Å². The maximum absolute atomic E-state index is 13.9. The fraction of sp³-hybridized carbons (Fsp3) is 0.379. The number of carbonyl (C=O) groups excluding carboxylic acids is 3. The van der Waals surface area contributed by atoms with Gasteiger partial charge < -0.3 is 20.3 Å². The van der Waals surface area contributed by atoms with E-state index >= 15 is 0 Å². The van der Waals surface area contributed by atoms with Gasteiger partial charge in [0, 0.05) is 11.3 Å². The van der Waals surface area contributed by atoms with Crippen LogP contribution in [0.25, 0.3) is 0 Å². The van der Waals surface area contributed by atoms with Crippen molar-refractivity contribution in [1.82, 2.24) is 10.2 Å². The minimum absolute atomic E-state index is 0.268. The van der Waals surface area contributed by atoms with Crippen molar-refractivity contribution in [2.45, 2.75) is 51.8 Å². The number of nitriles is 1. The second-order valence-electron chi connectivity index (χ2n) is 9.54. The lowest BCUT2D eigenvalue weighted by Crippen LogP contribution is -2.52. The quantitative estimate of drug-likeness (QED) is 0.339. The highest BCUT2D eigenvalue weighted by atomic mass is 32.2. The third-order valence-electron chi connectivity index (χ3n) is 5.50. The molecule has 8 nitrogen and oxygen atoms in total. The van der Waals surface area contributed by atoms with Crippen LogP contribution in [-0.2, 0) is 14.3 Å². The molecule has 0 spiro atoms. The van der Waals surface area contributed by atoms with E-state index in [2.05, 4.69) is 16.6 Å². The number of thioether (sulfide) groups is 1. The van der Waals surface area contributed by atoms with Crippen LogP contribution in [0.15, 0.2) is 48.5 Å². The molecular formula is C29H34N4O4S. The topological polar surface area (TPSA) is 112 Å². The third-order valence-corrected chi connectivity index (χ3v) is 6.14. The van der Waals surface area contributed by atoms with Gasteiger partial charge in [-0.1, -0.05) is 42.3 Å². The molecule has 2 N–H and O–H groups in total. The molecule has 38 heavy (non-hydrogen) atoms. The normalized spacial score (nSPS) is 12.3. The van der Waals surface area contributed by atoms with Crippen LogP contribution in [0.3, 0.4) is 0 Å². The predicted molar refractivity (Wildman–Crippen MR) is 150 cm³/mol. The van der Waals surface area contributed by atoms with Crippen LogP contribution in [0.2, 0.25) is 0 Å². The lowest BCUT2D eigenvalue weighted by Gasteiger charge is -2.33. The van der Waals surface area contributed by atoms with Gasteiger partial charge in [-0.15, -0.1) is 6.42 Å². The molecule has 2 rings (SSSR count). The highest BCUT2D eigenvalue weighted by Crippen LogP contribution is 2.28. The summed E-state index contributed by atoms with van der Waals surface area (Å²) in [5.41, 5.74) is 1.42. The minimum atomic E-state index is -1.23. The Balaban J connectivity index is 2.56. The minimum Gasteiger partial charge on any atom is -0.444 e. The molecule has 200 valence electrons. The number of amides is 3. The summed E-state index contributed by atoms with van der Waals surface area (Å²) < 4.78 is 5.36. The zero-order chi connectivity index (χ0) is 28.3. The lowest BCUT2D eigenvalue weighted by molar-refractivity contribution is -0.140. The van der Waals surface area contributed by atoms with Gasteiger partial charge in [0.15, 0.2) is 0 Å². The first-order chi connectivity index (χ1) is 18.0. The number of nitrogens with zero attached hydrogens (tertiary/aromatic N) is 2. The molecule has 0 saturated carbocycles. The number of carbonyl (C=O) groups is 3. The first-order valence-corrected chi connectivity index (χ1v) is 13.5. The first kappa shape index (κ1) is 30.3. The van der Waals surface area contributed by atoms with Gasteiger partial charge in [-0.25, -0.2) is 4.79 Å². The van der Waals surface area contributed by atoms with Crippen LogP contribution < -0.4 is 10.6 Å². The number of para-hydroxylation sites is 1. The number of hydrogen-bond donors (Lipinski definition) is 2. The fourth-order valence-electron chi connectivity index (χ4n) is 3.75. The summed E-state index contributed by atoms with van der Waals surface area (Å²) in [6.07, 6.45) is 7.12. The molecule has 0 heterocycles. The zero-order valence-corrected chi connectivity index (χ0v) is 23.2. The van der Waals surface area contributed by atoms with Crippen molar-refractivity contribution < 1.29 is 19.1 Å². The highest BCUT2D eigenvalue weighted by molar-refractivity contribution is 7.98. The number of hydrogen-bond acceptors (Lipinski definition) is 6. The maximum Gasteiger partial charge on any atom is 0.408 e. The van der Waals surface area contributed by atoms with E-state index in [0.717, 1.165) is 10.5 Å². The molecule has 2 aromatic carbocycles. The molecule has 0 aliphatic rings. The summed E-state index contributed by atoms with van der Waals surface area (Å²) in [5.74, 6) is 1.99. The molecule has 0 aliphatic heterocycles. The fourth-order valence-corrected chi connectivity index (χ4v) is 4.22. The van der Waals surface area contributed by atoms with E-state index in [0.29, 0.717) is 22.6 Å². The van der Waals surface area contributed by atoms with E-state index in [1.165, 1.54) is 11.8 Å². The van der Waals surface area contributed by atoms with Gasteiger partial charge in [-0.2, -0.15) is 17.0 Å². The Kier molecular flexibility index (Phi) is 11.2. The van der Waals surface area contributed by atoms with Crippen LogP contribution in [0.4, 0.5) is 10.5 Å². The first-order valence-electron chi connectivity index (χ1n) is 12.1. The summed E-state index contributed by atoms with van der Waals surface area (Å²) >= 11 is 1.50. The molecule has 2 aromatic rings. The number of ether oxygens (including phenoxy) is 1. The van der Waals surface area contributed by atoms with E-state index in [-0.39, 0.29) is 6.42 Å². The summed E-state index contributed by atoms with van der Waals surface area (Å²) in [7, 11) is 0. The average Bonchev–Trinajstić information content (AvgIpc) is 2.86. The average molecular weight is 535 g/mol. The van der Waals surface area contributed by atoms with Gasteiger partial charge in [-0.05, 0) is 69.4 Å². The number of alkyl carbamates (subject to hydrolysis) is 1. The second kappa shape index (κ2) is 14.1. The largest absolute Gasteiger partial charge is 0.444 e. The highest BCUT2D eigenvalue weighted by Gasteiger charge is 2.37. The van der Waals surface area contributed by atoms with Gasteiger partial charge in [0.25, 0.3) is 5.91 Å². The molecule has 0 bridgehead atoms. The summed E-state index contributed by atoms with van der Waals surface area (Å²) in [4.78, 5) is 41.5. The van der Waals surface area contributed by atoms with Crippen molar-refractivity contribution in [2.75, 3.05) is 23.9 Å². The standard InChI is InChI=1S/C29H34N4O4S/c1-7-21-13-9-10-14-22(21)25(26(34)31-23-15-11-8-12-20(23)2)33(18-17-30)27(35)24(16-19-38-6)32-28(36)37-29(3,4)5/h1,8-15,24-25H,16,18-19H2,2-6H3,(H,31,34)(H,32,36). The maximum atomic E-state index is 13.9. The van der Waals surface area contributed by atoms with Gasteiger partial charge in [0.05, 0.1) is 6.07 Å². The van der Waals surface area contributed by atoms with Crippen LogP contribution in [0.1, 0.15) is 49.9 Å². The van der Waals surface area contributed by atoms with Crippen LogP contribution in [0.5, 0.6) is 0 Å². The summed E-state index contributed by atoms with van der Waals surface area (Å²) in [5, 5.41) is 15.2. The van der Waals surface area contributed by atoms with Crippen molar-refractivity contribution in [1.29, 1.82) is 5.26 Å². The van der Waals surface area contributed by atoms with E-state index in [9.17, 15) is 19.6 Å². The molecule has 0 radical (unpaired) electrons. The number of terminal acetylenes is 1. The Morgan fingerprint density at radius 1 is 1.13 bits per heavy atom. The third kappa shape index (κ3) is 8.57. The predicted octanol–water partition coefficient (Wildman–Crippen LogP) is 4.65. The SMILES string of the molecule is C#Cc1ccccc1C(C(=O)Nc1ccccc1C)N(CC#N)C(=O)C(CCSC)NC(=O)OC(C)(C)C. The van der Waals surface area contributed by atoms with Crippen molar-refractivity contribution >= 4 is 35.4 Å². The molecule has 3 amide bonds. The summed E-state index contributed by atoms with van der Waals surface area (Å²) in [6, 6.07) is 13.7. The number of anilines is 1. The van der Waals surface area contributed by atoms with Gasteiger partial charge in [0.2, 0.25) is 5.91 Å². The molecule has 0 aliphatic carbocycles. The van der Waals surface area contributed by atoms with Crippen LogP contribution in [0, 0.1) is 30.6 Å². The van der Waals surface area contributed by atoms with E-state index in [4.69, 9.17) is 11.2 Å². The molecule has 0 saturated heterocycles. The van der Waals surface area contributed by atoms with E-state index in [1.807, 2.05) is 31.4 Å². The number of rotatable bonds is 10. The van der Waals surface area contributed by atoms with E-state index in [1.54, 1.807) is 57.2 Å². The van der Waals surface area contributed by atoms with E-state index < -0.39 is 42.1 Å². The van der Waals surface area contributed by atoms with Crippen LogP contribution >= 0.6 is 11.8 Å². The van der Waals surface area contributed by atoms with Crippen molar-refractivity contribution in [3.05, 3.63) is 65.2 Å². The lowest BCUT2D eigenvalue weighted by atomic mass is 9.97. The van der Waals surface area contributed by atoms with Crippen LogP contribution in [-0.4, -0.2) is 53.0 Å². The number of aryl methyl sites for hydroxylation is 1. The Hall–Kier alpha value is -3.95. The second-order valence-corrected chi connectivity index (χ2v) is 10.5. The number of nitrogens with one attached hydrogen (secondary N) is 2. The van der Waals surface area contributed by atoms with Crippen molar-refractivity contribution in [3.63, 3.8) is 0 Å². The van der Waals surface area contributed by atoms with Gasteiger partial charge >= 0.3 is 6.09 Å². The molecule has 9 heteroatoms. The number of benzene rings is 2. The molecule has 2 atom stereocenters. The molecular weight excluding hydrogens is 500 g/mol. The smallest absolute Gasteiger partial charge is 0.408 e. The molecule has 0 aromatic heterocycles. The molecule has 0 fully saturated rings. The van der Waals surface area contributed by atoms with Gasteiger partial charge in [0.1, 0.15) is 24.2 Å². The van der Waals surface area contributed by atoms with Gasteiger partial charge in [-0.3, -0.25) is 9.59 Å². The Morgan fingerprint density at radius 3 is 2.39 bits per heavy atom. The monoisotopic (exact) mass is 534 g/mol. The van der Waals surface area contributed by atoms with Crippen molar-refractivity contribution in [2.24, 2.45) is 0 Å². The zero-order valence-electron chi connectivity index (χ0n) is 22.4. The molecule has 2 unspecified atom stereocenters.